The quantitative estimate of drug-likeness (QED) is 0.414. The average molecular weight is 458 g/mol. The van der Waals surface area contributed by atoms with Crippen LogP contribution in [0.2, 0.25) is 9.36 Å². The van der Waals surface area contributed by atoms with Crippen molar-refractivity contribution in [2.45, 2.75) is 115 Å². The van der Waals surface area contributed by atoms with E-state index in [0.717, 1.165) is 0 Å². The van der Waals surface area contributed by atoms with Gasteiger partial charge in [0.1, 0.15) is 0 Å². The van der Waals surface area contributed by atoms with Crippen LogP contribution >= 0.6 is 0 Å². The fraction of sp³-hybridized carbons (Fsp3) is 1.00. The Labute approximate surface area is 165 Å². The molecule has 6 nitrogen and oxygen atoms in total. The van der Waals surface area contributed by atoms with E-state index in [-0.39, 0.29) is 22.2 Å². The standard InChI is InChI=1S/C8H19N3.C8H18N3.2CH3.In/c2*1-7(2,3)9-11-10-8(4,5)6;;;/h1-6H3,(H,9,10);1-6H3;2*1H3;/q;-1;;;+1. The second-order valence-corrected chi connectivity index (χ2v) is 18.3. The Kier molecular flexibility index (Phi) is 10.9. The second kappa shape index (κ2) is 10.1. The molecule has 0 rings (SSSR count). The summed E-state index contributed by atoms with van der Waals surface area (Å²) in [5.41, 5.74) is 2.92. The zero-order valence-corrected chi connectivity index (χ0v) is 22.6. The van der Waals surface area contributed by atoms with Gasteiger partial charge in [0.2, 0.25) is 0 Å². The molecule has 0 aromatic carbocycles. The third-order valence-corrected chi connectivity index (χ3v) is 7.65. The molecule has 25 heavy (non-hydrogen) atoms. The van der Waals surface area contributed by atoms with E-state index in [2.05, 4.69) is 101 Å². The average Bonchev–Trinajstić information content (AvgIpc) is 2.21. The summed E-state index contributed by atoms with van der Waals surface area (Å²) in [5.74, 6) is 0. The normalized spacial score (nSPS) is 13.7. The molecule has 7 heteroatoms. The van der Waals surface area contributed by atoms with Crippen molar-refractivity contribution in [3.63, 3.8) is 0 Å². The van der Waals surface area contributed by atoms with Gasteiger partial charge in [-0.15, -0.1) is 0 Å². The van der Waals surface area contributed by atoms with Crippen molar-refractivity contribution in [2.75, 3.05) is 0 Å². The Bertz CT molecular complexity index is 417. The van der Waals surface area contributed by atoms with Crippen LogP contribution in [0.1, 0.15) is 83.1 Å². The van der Waals surface area contributed by atoms with Gasteiger partial charge in [-0.1, -0.05) is 5.22 Å². The fourth-order valence-electron chi connectivity index (χ4n) is 1.52. The van der Waals surface area contributed by atoms with Gasteiger partial charge >= 0.3 is 97.0 Å². The molecule has 0 spiro atoms. The molecule has 0 aliphatic rings. The molecule has 0 radical (unpaired) electrons. The topological polar surface area (TPSA) is 64.7 Å². The van der Waals surface area contributed by atoms with Crippen molar-refractivity contribution in [3.05, 3.63) is 0 Å². The van der Waals surface area contributed by atoms with Crippen molar-refractivity contribution >= 4 is 21.7 Å². The van der Waals surface area contributed by atoms with Crippen molar-refractivity contribution in [1.29, 1.82) is 0 Å². The maximum atomic E-state index is 4.42. The summed E-state index contributed by atoms with van der Waals surface area (Å²) in [7, 11) is 0. The number of nitrogens with one attached hydrogen (secondary N) is 1. The predicted octanol–water partition coefficient (Wildman–Crippen LogP) is 6.04. The summed E-state index contributed by atoms with van der Waals surface area (Å²) in [6.07, 6.45) is 0. The van der Waals surface area contributed by atoms with Crippen LogP contribution < -0.4 is 5.43 Å². The minimum atomic E-state index is -1.59. The zero-order chi connectivity index (χ0) is 20.7. The van der Waals surface area contributed by atoms with Gasteiger partial charge < -0.3 is 0 Å². The first-order valence-electron chi connectivity index (χ1n) is 9.16. The molecular formula is C18H43InN6. The molecular weight excluding hydrogens is 415 g/mol. The Morgan fingerprint density at radius 2 is 1.08 bits per heavy atom. The molecule has 0 aliphatic heterocycles. The molecule has 0 aromatic heterocycles. The number of hydrogen-bond acceptors (Lipinski definition) is 4. The molecule has 0 aliphatic carbocycles. The van der Waals surface area contributed by atoms with Crippen molar-refractivity contribution in [1.82, 2.24) is 8.42 Å². The Morgan fingerprint density at radius 3 is 1.32 bits per heavy atom. The summed E-state index contributed by atoms with van der Waals surface area (Å²) < 4.78 is 6.93. The van der Waals surface area contributed by atoms with Crippen molar-refractivity contribution in [3.8, 4) is 0 Å². The molecule has 1 N–H and O–H groups in total. The first-order valence-corrected chi connectivity index (χ1v) is 17.2. The Hall–Kier alpha value is -0.330. The van der Waals surface area contributed by atoms with Gasteiger partial charge in [0.05, 0.1) is 5.54 Å². The van der Waals surface area contributed by atoms with Crippen LogP contribution in [0.5, 0.6) is 0 Å². The molecule has 0 amide bonds. The van der Waals surface area contributed by atoms with Gasteiger partial charge in [-0.3, -0.25) is 5.43 Å². The van der Waals surface area contributed by atoms with E-state index in [0.29, 0.717) is 0 Å². The summed E-state index contributed by atoms with van der Waals surface area (Å²) in [5, 5.41) is 16.7. The molecule has 0 aromatic rings. The monoisotopic (exact) mass is 458 g/mol. The summed E-state index contributed by atoms with van der Waals surface area (Å²) >= 11 is -1.59. The zero-order valence-electron chi connectivity index (χ0n) is 19.3. The number of hydrogen-bond donors (Lipinski definition) is 1. The fourth-order valence-corrected chi connectivity index (χ4v) is 6.68. The van der Waals surface area contributed by atoms with Gasteiger partial charge in [-0.05, 0) is 41.5 Å². The van der Waals surface area contributed by atoms with Crippen LogP contribution in [0.4, 0.5) is 0 Å². The molecule has 148 valence electrons. The van der Waals surface area contributed by atoms with Crippen LogP contribution in [0.25, 0.3) is 0 Å². The third kappa shape index (κ3) is 19.8. The van der Waals surface area contributed by atoms with Crippen LogP contribution in [0.3, 0.4) is 0 Å². The predicted molar refractivity (Wildman–Crippen MR) is 111 cm³/mol. The maximum absolute atomic E-state index is 4.42. The molecule has 0 fully saturated rings. The first-order chi connectivity index (χ1) is 10.7. The van der Waals surface area contributed by atoms with Crippen LogP contribution in [0.15, 0.2) is 20.7 Å². The van der Waals surface area contributed by atoms with Crippen molar-refractivity contribution < 1.29 is 0 Å². The van der Waals surface area contributed by atoms with Crippen LogP contribution in [0, 0.1) is 0 Å². The summed E-state index contributed by atoms with van der Waals surface area (Å²) in [6, 6.07) is 0. The van der Waals surface area contributed by atoms with Gasteiger partial charge in [0, 0.05) is 5.54 Å². The Morgan fingerprint density at radius 1 is 0.680 bits per heavy atom. The molecule has 0 saturated carbocycles. The first kappa shape index (κ1) is 26.9. The van der Waals surface area contributed by atoms with E-state index >= 15 is 0 Å². The van der Waals surface area contributed by atoms with E-state index in [1.54, 1.807) is 0 Å². The number of nitrogens with zero attached hydrogens (tertiary/aromatic N) is 5. The Balaban J connectivity index is 0. The minimum absolute atomic E-state index is 0.00868. The second-order valence-electron chi connectivity index (χ2n) is 10.7. The molecule has 0 heterocycles. The van der Waals surface area contributed by atoms with Gasteiger partial charge in [0.25, 0.3) is 0 Å². The number of rotatable bonds is 3. The summed E-state index contributed by atoms with van der Waals surface area (Å²) in [4.78, 5) is 0. The molecule has 0 atom stereocenters. The molecule has 0 bridgehead atoms. The third-order valence-electron chi connectivity index (χ3n) is 2.35. The van der Waals surface area contributed by atoms with E-state index in [1.165, 1.54) is 0 Å². The molecule has 0 saturated heterocycles. The van der Waals surface area contributed by atoms with Crippen LogP contribution in [-0.4, -0.2) is 46.9 Å². The summed E-state index contributed by atoms with van der Waals surface area (Å²) in [6.45, 7) is 25.0. The van der Waals surface area contributed by atoms with E-state index in [4.69, 9.17) is 0 Å². The van der Waals surface area contributed by atoms with E-state index in [9.17, 15) is 0 Å². The molecule has 0 unspecified atom stereocenters. The SMILES string of the molecule is CC(C)(C)N=NNC(C)(C)C.[CH3][In]([CH3])[N](N=NC(C)(C)C)C(C)(C)C. The van der Waals surface area contributed by atoms with Gasteiger partial charge in [-0.25, -0.2) is 0 Å². The van der Waals surface area contributed by atoms with Crippen molar-refractivity contribution in [2.24, 2.45) is 20.7 Å². The van der Waals surface area contributed by atoms with Gasteiger partial charge in [-0.2, -0.15) is 5.11 Å². The van der Waals surface area contributed by atoms with E-state index < -0.39 is 21.7 Å². The van der Waals surface area contributed by atoms with Crippen LogP contribution in [-0.2, 0) is 0 Å². The van der Waals surface area contributed by atoms with E-state index in [1.807, 2.05) is 20.8 Å². The van der Waals surface area contributed by atoms with Gasteiger partial charge in [0.15, 0.2) is 0 Å².